The number of carbonyl (C=O) groups excluding carboxylic acids is 2. The molecule has 0 spiro atoms. The van der Waals surface area contributed by atoms with Crippen molar-refractivity contribution in [3.63, 3.8) is 0 Å². The molecule has 2 fully saturated rings. The first-order valence-corrected chi connectivity index (χ1v) is 9.83. The van der Waals surface area contributed by atoms with Crippen LogP contribution in [0.3, 0.4) is 0 Å². The van der Waals surface area contributed by atoms with Crippen LogP contribution < -0.4 is 5.32 Å². The highest BCUT2D eigenvalue weighted by atomic mass is 35.5. The molecule has 0 aliphatic carbocycles. The van der Waals surface area contributed by atoms with Gasteiger partial charge in [0, 0.05) is 37.0 Å². The monoisotopic (exact) mass is 369 g/mol. The summed E-state index contributed by atoms with van der Waals surface area (Å²) in [6.45, 7) is 5.06. The van der Waals surface area contributed by atoms with E-state index in [0.717, 1.165) is 48.0 Å². The van der Waals surface area contributed by atoms with Crippen molar-refractivity contribution in [3.8, 4) is 0 Å². The molecule has 3 amide bonds. The Hall–Kier alpha value is -1.27. The molecular weight excluding hydrogens is 346 g/mol. The summed E-state index contributed by atoms with van der Waals surface area (Å²) in [5.41, 5.74) is 0. The van der Waals surface area contributed by atoms with Gasteiger partial charge in [-0.05, 0) is 44.7 Å². The summed E-state index contributed by atoms with van der Waals surface area (Å²) in [4.78, 5) is 29.7. The van der Waals surface area contributed by atoms with Gasteiger partial charge < -0.3 is 15.1 Å². The van der Waals surface area contributed by atoms with Crippen molar-refractivity contribution in [1.82, 2.24) is 15.1 Å². The van der Waals surface area contributed by atoms with Crippen LogP contribution in [0.25, 0.3) is 0 Å². The van der Waals surface area contributed by atoms with E-state index in [1.165, 1.54) is 11.3 Å². The fourth-order valence-corrected chi connectivity index (χ4v) is 4.50. The average molecular weight is 370 g/mol. The Kier molecular flexibility index (Phi) is 5.66. The molecule has 0 bridgehead atoms. The van der Waals surface area contributed by atoms with E-state index in [4.69, 9.17) is 11.6 Å². The molecule has 3 heterocycles. The van der Waals surface area contributed by atoms with Gasteiger partial charge in [0.2, 0.25) is 5.91 Å². The smallest absolute Gasteiger partial charge is 0.317 e. The zero-order valence-corrected chi connectivity index (χ0v) is 15.5. The predicted molar refractivity (Wildman–Crippen MR) is 96.4 cm³/mol. The van der Waals surface area contributed by atoms with E-state index in [1.807, 2.05) is 28.9 Å². The summed E-state index contributed by atoms with van der Waals surface area (Å²) in [6, 6.07) is 3.68. The number of hydrogen-bond donors (Lipinski definition) is 1. The van der Waals surface area contributed by atoms with Crippen LogP contribution in [0.4, 0.5) is 4.79 Å². The van der Waals surface area contributed by atoms with Crippen LogP contribution >= 0.6 is 22.9 Å². The number of halogens is 1. The SMILES string of the molecule is CC(NC(=O)N1CCC(C(=O)N2CCCC2)CC1)c1ccc(Cl)s1. The molecule has 7 heteroatoms. The minimum atomic E-state index is -0.0565. The van der Waals surface area contributed by atoms with Crippen molar-refractivity contribution in [2.75, 3.05) is 26.2 Å². The molecule has 2 saturated heterocycles. The van der Waals surface area contributed by atoms with Crippen molar-refractivity contribution >= 4 is 34.9 Å². The highest BCUT2D eigenvalue weighted by Gasteiger charge is 2.31. The van der Waals surface area contributed by atoms with E-state index in [-0.39, 0.29) is 23.9 Å². The molecule has 24 heavy (non-hydrogen) atoms. The number of urea groups is 1. The van der Waals surface area contributed by atoms with Crippen LogP contribution in [0, 0.1) is 5.92 Å². The molecule has 1 N–H and O–H groups in total. The number of nitrogens with zero attached hydrogens (tertiary/aromatic N) is 2. The van der Waals surface area contributed by atoms with Crippen LogP contribution in [-0.4, -0.2) is 47.9 Å². The fourth-order valence-electron chi connectivity index (χ4n) is 3.43. The van der Waals surface area contributed by atoms with Gasteiger partial charge in [0.05, 0.1) is 10.4 Å². The minimum Gasteiger partial charge on any atom is -0.342 e. The van der Waals surface area contributed by atoms with E-state index in [9.17, 15) is 9.59 Å². The van der Waals surface area contributed by atoms with Gasteiger partial charge in [0.1, 0.15) is 0 Å². The number of carbonyl (C=O) groups is 2. The van der Waals surface area contributed by atoms with E-state index in [2.05, 4.69) is 5.32 Å². The molecule has 1 aromatic rings. The van der Waals surface area contributed by atoms with Gasteiger partial charge in [0.25, 0.3) is 0 Å². The van der Waals surface area contributed by atoms with Gasteiger partial charge in [-0.2, -0.15) is 0 Å². The first kappa shape index (κ1) is 17.5. The van der Waals surface area contributed by atoms with Crippen molar-refractivity contribution in [1.29, 1.82) is 0 Å². The van der Waals surface area contributed by atoms with Crippen molar-refractivity contribution in [2.45, 2.75) is 38.6 Å². The maximum Gasteiger partial charge on any atom is 0.317 e. The van der Waals surface area contributed by atoms with Gasteiger partial charge in [-0.1, -0.05) is 11.6 Å². The van der Waals surface area contributed by atoms with Gasteiger partial charge in [-0.3, -0.25) is 4.79 Å². The third-order valence-electron chi connectivity index (χ3n) is 4.91. The van der Waals surface area contributed by atoms with Gasteiger partial charge >= 0.3 is 6.03 Å². The molecular formula is C17H24ClN3O2S. The number of nitrogens with one attached hydrogen (secondary N) is 1. The van der Waals surface area contributed by atoms with Crippen molar-refractivity contribution in [3.05, 3.63) is 21.3 Å². The Morgan fingerprint density at radius 2 is 1.83 bits per heavy atom. The Balaban J connectivity index is 1.47. The second kappa shape index (κ2) is 7.74. The normalized spacial score (nSPS) is 20.2. The Morgan fingerprint density at radius 1 is 1.17 bits per heavy atom. The van der Waals surface area contributed by atoms with Gasteiger partial charge in [-0.25, -0.2) is 4.79 Å². The molecule has 1 aromatic heterocycles. The van der Waals surface area contributed by atoms with E-state index < -0.39 is 0 Å². The highest BCUT2D eigenvalue weighted by molar-refractivity contribution is 7.16. The molecule has 0 aromatic carbocycles. The lowest BCUT2D eigenvalue weighted by atomic mass is 9.95. The Labute approximate surface area is 152 Å². The molecule has 132 valence electrons. The zero-order valence-electron chi connectivity index (χ0n) is 14.0. The molecule has 2 aliphatic heterocycles. The minimum absolute atomic E-state index is 0.0564. The van der Waals surface area contributed by atoms with E-state index in [0.29, 0.717) is 13.1 Å². The molecule has 2 aliphatic rings. The second-order valence-corrected chi connectivity index (χ2v) is 8.35. The molecule has 1 unspecified atom stereocenters. The highest BCUT2D eigenvalue weighted by Crippen LogP contribution is 2.27. The number of hydrogen-bond acceptors (Lipinski definition) is 3. The molecule has 0 saturated carbocycles. The molecule has 1 atom stereocenters. The second-order valence-electron chi connectivity index (χ2n) is 6.61. The topological polar surface area (TPSA) is 52.7 Å². The number of thiophene rings is 1. The van der Waals surface area contributed by atoms with E-state index in [1.54, 1.807) is 0 Å². The quantitative estimate of drug-likeness (QED) is 0.886. The van der Waals surface area contributed by atoms with Crippen molar-refractivity contribution < 1.29 is 9.59 Å². The fraction of sp³-hybridized carbons (Fsp3) is 0.647. The number of piperidine rings is 1. The molecule has 3 rings (SSSR count). The van der Waals surface area contributed by atoms with Crippen LogP contribution in [0.1, 0.15) is 43.5 Å². The summed E-state index contributed by atoms with van der Waals surface area (Å²) in [5.74, 6) is 0.370. The molecule has 0 radical (unpaired) electrons. The maximum atomic E-state index is 12.4. The summed E-state index contributed by atoms with van der Waals surface area (Å²) >= 11 is 7.43. The first-order chi connectivity index (χ1) is 11.5. The average Bonchev–Trinajstić information content (AvgIpc) is 3.26. The number of rotatable bonds is 3. The number of amides is 3. The maximum absolute atomic E-state index is 12.4. The van der Waals surface area contributed by atoms with Crippen molar-refractivity contribution in [2.24, 2.45) is 5.92 Å². The zero-order chi connectivity index (χ0) is 17.1. The third-order valence-corrected chi connectivity index (χ3v) is 6.32. The predicted octanol–water partition coefficient (Wildman–Crippen LogP) is 3.51. The Morgan fingerprint density at radius 3 is 2.42 bits per heavy atom. The summed E-state index contributed by atoms with van der Waals surface area (Å²) in [6.07, 6.45) is 3.78. The number of likely N-dealkylation sites (tertiary alicyclic amines) is 2. The summed E-state index contributed by atoms with van der Waals surface area (Å²) in [7, 11) is 0. The third kappa shape index (κ3) is 4.03. The Bertz CT molecular complexity index is 592. The first-order valence-electron chi connectivity index (χ1n) is 8.64. The van der Waals surface area contributed by atoms with Gasteiger partial charge in [0.15, 0.2) is 0 Å². The van der Waals surface area contributed by atoms with Gasteiger partial charge in [-0.15, -0.1) is 11.3 Å². The van der Waals surface area contributed by atoms with Crippen LogP contribution in [0.15, 0.2) is 12.1 Å². The van der Waals surface area contributed by atoms with Crippen LogP contribution in [0.2, 0.25) is 4.34 Å². The summed E-state index contributed by atoms with van der Waals surface area (Å²) < 4.78 is 0.729. The largest absolute Gasteiger partial charge is 0.342 e. The van der Waals surface area contributed by atoms with Crippen LogP contribution in [-0.2, 0) is 4.79 Å². The lowest BCUT2D eigenvalue weighted by Crippen LogP contribution is -2.47. The standard InChI is InChI=1S/C17H24ClN3O2S/c1-12(14-4-5-15(18)24-14)19-17(23)21-10-6-13(7-11-21)16(22)20-8-2-3-9-20/h4-5,12-13H,2-3,6-11H2,1H3,(H,19,23). The van der Waals surface area contributed by atoms with E-state index >= 15 is 0 Å². The summed E-state index contributed by atoms with van der Waals surface area (Å²) in [5, 5.41) is 3.02. The lowest BCUT2D eigenvalue weighted by Gasteiger charge is -2.33. The molecule has 5 nitrogen and oxygen atoms in total. The van der Waals surface area contributed by atoms with Crippen LogP contribution in [0.5, 0.6) is 0 Å². The lowest BCUT2D eigenvalue weighted by molar-refractivity contribution is -0.135.